The molecule has 0 amide bonds. The summed E-state index contributed by atoms with van der Waals surface area (Å²) < 4.78 is 31.3. The SMILES string of the molecule is COC(=O)C1CCCC1S(=O)(=O)N(C)Cc1ccccn1. The molecule has 21 heavy (non-hydrogen) atoms. The Hall–Kier alpha value is -1.47. The molecule has 1 aromatic heterocycles. The van der Waals surface area contributed by atoms with Crippen LogP contribution >= 0.6 is 0 Å². The van der Waals surface area contributed by atoms with Gasteiger partial charge in [-0.3, -0.25) is 9.78 Å². The normalized spacial score (nSPS) is 22.4. The molecule has 6 nitrogen and oxygen atoms in total. The zero-order chi connectivity index (χ0) is 15.5. The van der Waals surface area contributed by atoms with Gasteiger partial charge in [-0.15, -0.1) is 0 Å². The molecule has 2 rings (SSSR count). The van der Waals surface area contributed by atoms with Gasteiger partial charge in [-0.1, -0.05) is 12.5 Å². The summed E-state index contributed by atoms with van der Waals surface area (Å²) in [5, 5.41) is -0.696. The van der Waals surface area contributed by atoms with Crippen LogP contribution in [0.15, 0.2) is 24.4 Å². The number of aromatic nitrogens is 1. The quantitative estimate of drug-likeness (QED) is 0.763. The van der Waals surface area contributed by atoms with Crippen molar-refractivity contribution < 1.29 is 17.9 Å². The molecule has 2 atom stereocenters. The summed E-state index contributed by atoms with van der Waals surface area (Å²) in [5.41, 5.74) is 0.677. The minimum absolute atomic E-state index is 0.202. The average Bonchev–Trinajstić information content (AvgIpc) is 2.97. The van der Waals surface area contributed by atoms with Gasteiger partial charge in [-0.2, -0.15) is 4.31 Å². The average molecular weight is 312 g/mol. The lowest BCUT2D eigenvalue weighted by atomic mass is 10.1. The van der Waals surface area contributed by atoms with Crippen molar-refractivity contribution in [1.29, 1.82) is 0 Å². The van der Waals surface area contributed by atoms with E-state index in [0.717, 1.165) is 6.42 Å². The van der Waals surface area contributed by atoms with Gasteiger partial charge in [0, 0.05) is 13.2 Å². The first kappa shape index (κ1) is 15.9. The Morgan fingerprint density at radius 1 is 1.43 bits per heavy atom. The summed E-state index contributed by atoms with van der Waals surface area (Å²) in [6, 6.07) is 5.37. The summed E-state index contributed by atoms with van der Waals surface area (Å²) in [4.78, 5) is 15.9. The molecule has 1 heterocycles. The minimum atomic E-state index is -3.55. The standard InChI is InChI=1S/C14H20N2O4S/c1-16(10-11-6-3-4-9-15-11)21(18,19)13-8-5-7-12(13)14(17)20-2/h3-4,6,9,12-13H,5,7-8,10H2,1-2H3. The topological polar surface area (TPSA) is 76.6 Å². The van der Waals surface area contributed by atoms with Crippen molar-refractivity contribution in [3.05, 3.63) is 30.1 Å². The maximum absolute atomic E-state index is 12.7. The van der Waals surface area contributed by atoms with Gasteiger partial charge < -0.3 is 4.74 Å². The second-order valence-electron chi connectivity index (χ2n) is 5.22. The molecule has 0 aliphatic heterocycles. The molecule has 7 heteroatoms. The largest absolute Gasteiger partial charge is 0.469 e. The number of nitrogens with zero attached hydrogens (tertiary/aromatic N) is 2. The van der Waals surface area contributed by atoms with Crippen LogP contribution < -0.4 is 0 Å². The first-order valence-corrected chi connectivity index (χ1v) is 8.40. The highest BCUT2D eigenvalue weighted by atomic mass is 32.2. The predicted molar refractivity (Wildman–Crippen MR) is 77.8 cm³/mol. The van der Waals surface area contributed by atoms with Crippen LogP contribution in [0, 0.1) is 5.92 Å². The number of hydrogen-bond acceptors (Lipinski definition) is 5. The van der Waals surface area contributed by atoms with Gasteiger partial charge in [0.2, 0.25) is 10.0 Å². The fourth-order valence-corrected chi connectivity index (χ4v) is 4.65. The van der Waals surface area contributed by atoms with Gasteiger partial charge in [-0.05, 0) is 25.0 Å². The van der Waals surface area contributed by atoms with Crippen molar-refractivity contribution in [2.24, 2.45) is 5.92 Å². The van der Waals surface area contributed by atoms with Gasteiger partial charge in [0.15, 0.2) is 0 Å². The third-order valence-electron chi connectivity index (χ3n) is 3.88. The number of methoxy groups -OCH3 is 1. The zero-order valence-electron chi connectivity index (χ0n) is 12.2. The Balaban J connectivity index is 2.15. The molecule has 0 bridgehead atoms. The van der Waals surface area contributed by atoms with E-state index in [1.165, 1.54) is 18.5 Å². The first-order valence-electron chi connectivity index (χ1n) is 6.89. The van der Waals surface area contributed by atoms with Gasteiger partial charge in [-0.25, -0.2) is 8.42 Å². The monoisotopic (exact) mass is 312 g/mol. The highest BCUT2D eigenvalue weighted by molar-refractivity contribution is 7.89. The predicted octanol–water partition coefficient (Wildman–Crippen LogP) is 1.18. The van der Waals surface area contributed by atoms with E-state index < -0.39 is 27.2 Å². The number of pyridine rings is 1. The van der Waals surface area contributed by atoms with Crippen LogP contribution in [0.25, 0.3) is 0 Å². The van der Waals surface area contributed by atoms with E-state index in [2.05, 4.69) is 4.98 Å². The summed E-state index contributed by atoms with van der Waals surface area (Å²) in [7, 11) is -0.731. The van der Waals surface area contributed by atoms with Crippen LogP contribution in [-0.4, -0.2) is 43.1 Å². The summed E-state index contributed by atoms with van der Waals surface area (Å²) >= 11 is 0. The smallest absolute Gasteiger partial charge is 0.310 e. The van der Waals surface area contributed by atoms with Gasteiger partial charge >= 0.3 is 5.97 Å². The Morgan fingerprint density at radius 2 is 2.19 bits per heavy atom. The van der Waals surface area contributed by atoms with E-state index >= 15 is 0 Å². The van der Waals surface area contributed by atoms with Crippen LogP contribution in [0.3, 0.4) is 0 Å². The number of sulfonamides is 1. The number of carbonyl (C=O) groups is 1. The van der Waals surface area contributed by atoms with Crippen LogP contribution in [0.1, 0.15) is 25.0 Å². The molecule has 116 valence electrons. The Labute approximate surface area is 125 Å². The lowest BCUT2D eigenvalue weighted by Crippen LogP contribution is -2.40. The summed E-state index contributed by atoms with van der Waals surface area (Å²) in [6.07, 6.45) is 3.41. The van der Waals surface area contributed by atoms with E-state index in [1.807, 2.05) is 6.07 Å². The van der Waals surface area contributed by atoms with E-state index in [0.29, 0.717) is 18.5 Å². The molecule has 1 fully saturated rings. The Bertz CT molecular complexity index is 588. The fourth-order valence-electron chi connectivity index (χ4n) is 2.74. The van der Waals surface area contributed by atoms with Crippen molar-refractivity contribution in [2.75, 3.05) is 14.2 Å². The lowest BCUT2D eigenvalue weighted by molar-refractivity contribution is -0.145. The molecular formula is C14H20N2O4S. The number of rotatable bonds is 5. The molecule has 0 N–H and O–H groups in total. The summed E-state index contributed by atoms with van der Waals surface area (Å²) in [5.74, 6) is -1.00. The van der Waals surface area contributed by atoms with Crippen LogP contribution in [-0.2, 0) is 26.1 Å². The van der Waals surface area contributed by atoms with E-state index in [9.17, 15) is 13.2 Å². The first-order chi connectivity index (χ1) is 9.96. The summed E-state index contributed by atoms with van der Waals surface area (Å²) in [6.45, 7) is 0.202. The van der Waals surface area contributed by atoms with Crippen molar-refractivity contribution in [2.45, 2.75) is 31.1 Å². The molecule has 1 saturated carbocycles. The molecule has 1 aliphatic rings. The van der Waals surface area contributed by atoms with Crippen molar-refractivity contribution in [3.63, 3.8) is 0 Å². The van der Waals surface area contributed by atoms with Crippen molar-refractivity contribution in [1.82, 2.24) is 9.29 Å². The van der Waals surface area contributed by atoms with Crippen LogP contribution in [0.5, 0.6) is 0 Å². The Kier molecular flexibility index (Phi) is 4.95. The second-order valence-corrected chi connectivity index (χ2v) is 7.48. The Morgan fingerprint density at radius 3 is 2.81 bits per heavy atom. The van der Waals surface area contributed by atoms with Gasteiger partial charge in [0.05, 0.1) is 30.5 Å². The molecule has 1 aromatic rings. The lowest BCUT2D eigenvalue weighted by Gasteiger charge is -2.24. The van der Waals surface area contributed by atoms with E-state index in [1.54, 1.807) is 18.3 Å². The van der Waals surface area contributed by atoms with Crippen molar-refractivity contribution in [3.8, 4) is 0 Å². The maximum atomic E-state index is 12.7. The van der Waals surface area contributed by atoms with E-state index in [-0.39, 0.29) is 6.54 Å². The highest BCUT2D eigenvalue weighted by Crippen LogP contribution is 2.33. The zero-order valence-corrected chi connectivity index (χ0v) is 13.0. The van der Waals surface area contributed by atoms with Crippen molar-refractivity contribution >= 4 is 16.0 Å². The molecule has 0 aromatic carbocycles. The third-order valence-corrected chi connectivity index (χ3v) is 6.21. The van der Waals surface area contributed by atoms with Crippen LogP contribution in [0.4, 0.5) is 0 Å². The molecule has 0 saturated heterocycles. The van der Waals surface area contributed by atoms with Crippen LogP contribution in [0.2, 0.25) is 0 Å². The highest BCUT2D eigenvalue weighted by Gasteiger charge is 2.43. The fraction of sp³-hybridized carbons (Fsp3) is 0.571. The molecular weight excluding hydrogens is 292 g/mol. The molecule has 1 aliphatic carbocycles. The molecule has 0 radical (unpaired) electrons. The maximum Gasteiger partial charge on any atom is 0.310 e. The number of esters is 1. The molecule has 0 spiro atoms. The van der Waals surface area contributed by atoms with Gasteiger partial charge in [0.25, 0.3) is 0 Å². The molecule has 2 unspecified atom stereocenters. The van der Waals surface area contributed by atoms with Gasteiger partial charge in [0.1, 0.15) is 0 Å². The number of carbonyl (C=O) groups excluding carboxylic acids is 1. The second kappa shape index (κ2) is 6.53. The third kappa shape index (κ3) is 3.41. The number of ether oxygens (including phenoxy) is 1. The minimum Gasteiger partial charge on any atom is -0.469 e. The number of hydrogen-bond donors (Lipinski definition) is 0. The van der Waals surface area contributed by atoms with E-state index in [4.69, 9.17) is 4.74 Å².